The Morgan fingerprint density at radius 1 is 1.15 bits per heavy atom. The number of aromatic nitrogens is 1. The molecule has 0 saturated carbocycles. The van der Waals surface area contributed by atoms with Crippen LogP contribution in [0.25, 0.3) is 10.2 Å². The Labute approximate surface area is 155 Å². The fourth-order valence-electron chi connectivity index (χ4n) is 4.70. The summed E-state index contributed by atoms with van der Waals surface area (Å²) in [6.07, 6.45) is 4.28. The first-order chi connectivity index (χ1) is 12.7. The number of carbonyl (C=O) groups excluding carboxylic acids is 1. The Bertz CT molecular complexity index is 1050. The maximum Gasteiger partial charge on any atom is 0.305 e. The zero-order chi connectivity index (χ0) is 17.7. The Kier molecular flexibility index (Phi) is 3.71. The second-order valence-electron chi connectivity index (χ2n) is 7.28. The van der Waals surface area contributed by atoms with E-state index < -0.39 is 0 Å². The molecular weight excluding hydrogens is 344 g/mol. The van der Waals surface area contributed by atoms with Crippen LogP contribution in [0.1, 0.15) is 46.7 Å². The van der Waals surface area contributed by atoms with Crippen molar-refractivity contribution in [3.05, 3.63) is 68.8 Å². The molecule has 1 aromatic heterocycles. The summed E-state index contributed by atoms with van der Waals surface area (Å²) in [5.74, 6) is 0.548. The first-order valence-electron chi connectivity index (χ1n) is 9.22. The van der Waals surface area contributed by atoms with E-state index in [1.165, 1.54) is 11.1 Å². The Morgan fingerprint density at radius 2 is 2.04 bits per heavy atom. The van der Waals surface area contributed by atoms with Crippen molar-refractivity contribution in [3.8, 4) is 0 Å². The zero-order valence-electron chi connectivity index (χ0n) is 14.4. The van der Waals surface area contributed by atoms with Crippen LogP contribution in [0.5, 0.6) is 0 Å². The molecule has 1 aliphatic carbocycles. The van der Waals surface area contributed by atoms with Gasteiger partial charge in [0, 0.05) is 24.1 Å². The van der Waals surface area contributed by atoms with Crippen LogP contribution in [0.3, 0.4) is 0 Å². The van der Waals surface area contributed by atoms with Crippen LogP contribution in [-0.2, 0) is 6.42 Å². The van der Waals surface area contributed by atoms with Gasteiger partial charge in [0.05, 0.1) is 10.2 Å². The van der Waals surface area contributed by atoms with Crippen LogP contribution in [-0.4, -0.2) is 28.4 Å². The number of hydrogen-bond donors (Lipinski definition) is 1. The van der Waals surface area contributed by atoms with E-state index in [0.29, 0.717) is 11.5 Å². The number of nitrogens with one attached hydrogen (secondary N) is 1. The van der Waals surface area contributed by atoms with Crippen molar-refractivity contribution in [2.45, 2.75) is 37.6 Å². The van der Waals surface area contributed by atoms with Gasteiger partial charge in [0.1, 0.15) is 0 Å². The molecule has 1 N–H and O–H groups in total. The van der Waals surface area contributed by atoms with E-state index in [2.05, 4.69) is 34.1 Å². The van der Waals surface area contributed by atoms with Crippen LogP contribution in [0.2, 0.25) is 0 Å². The average Bonchev–Trinajstić information content (AvgIpc) is 3.06. The number of fused-ring (bicyclic) bond motifs is 4. The number of benzene rings is 2. The van der Waals surface area contributed by atoms with Crippen molar-refractivity contribution in [2.75, 3.05) is 6.54 Å². The first kappa shape index (κ1) is 15.8. The fourth-order valence-corrected chi connectivity index (χ4v) is 5.48. The lowest BCUT2D eigenvalue weighted by atomic mass is 9.74. The summed E-state index contributed by atoms with van der Waals surface area (Å²) in [4.78, 5) is 29.6. The SMILES string of the molecule is O=C(c1ccc2[nH]c(=O)sc2c1)N1CCCC2c3ccccc3CCC21. The molecule has 132 valence electrons. The van der Waals surface area contributed by atoms with Crippen molar-refractivity contribution in [3.63, 3.8) is 0 Å². The van der Waals surface area contributed by atoms with Crippen molar-refractivity contribution in [2.24, 2.45) is 0 Å². The second-order valence-corrected chi connectivity index (χ2v) is 8.29. The number of rotatable bonds is 1. The number of H-pyrrole nitrogens is 1. The van der Waals surface area contributed by atoms with E-state index in [1.54, 1.807) is 0 Å². The maximum atomic E-state index is 13.3. The molecule has 26 heavy (non-hydrogen) atoms. The van der Waals surface area contributed by atoms with Gasteiger partial charge in [-0.3, -0.25) is 9.59 Å². The van der Waals surface area contributed by atoms with Gasteiger partial charge < -0.3 is 9.88 Å². The van der Waals surface area contributed by atoms with Gasteiger partial charge in [-0.1, -0.05) is 35.6 Å². The number of likely N-dealkylation sites (tertiary alicyclic amines) is 1. The predicted octanol–water partition coefficient (Wildman–Crippen LogP) is 3.92. The van der Waals surface area contributed by atoms with Crippen molar-refractivity contribution in [1.82, 2.24) is 9.88 Å². The minimum absolute atomic E-state index is 0.0773. The second kappa shape index (κ2) is 6.09. The highest BCUT2D eigenvalue weighted by atomic mass is 32.1. The Morgan fingerprint density at radius 3 is 2.96 bits per heavy atom. The monoisotopic (exact) mass is 364 g/mol. The molecule has 2 unspecified atom stereocenters. The molecule has 0 bridgehead atoms. The minimum Gasteiger partial charge on any atom is -0.335 e. The minimum atomic E-state index is -0.0773. The zero-order valence-corrected chi connectivity index (χ0v) is 15.2. The highest BCUT2D eigenvalue weighted by Crippen LogP contribution is 2.41. The molecule has 0 radical (unpaired) electrons. The van der Waals surface area contributed by atoms with Crippen LogP contribution >= 0.6 is 11.3 Å². The number of carbonyl (C=O) groups is 1. The number of aromatic amines is 1. The Hall–Kier alpha value is -2.40. The molecular formula is C21H20N2O2S. The van der Waals surface area contributed by atoms with Crippen LogP contribution in [0.4, 0.5) is 0 Å². The summed E-state index contributed by atoms with van der Waals surface area (Å²) < 4.78 is 0.850. The molecule has 1 amide bonds. The third-order valence-electron chi connectivity index (χ3n) is 5.87. The van der Waals surface area contributed by atoms with Gasteiger partial charge in [0.25, 0.3) is 5.91 Å². The molecule has 2 atom stereocenters. The lowest BCUT2D eigenvalue weighted by Gasteiger charge is -2.45. The number of amides is 1. The smallest absolute Gasteiger partial charge is 0.305 e. The molecule has 5 heteroatoms. The van der Waals surface area contributed by atoms with Gasteiger partial charge in [0.2, 0.25) is 0 Å². The average molecular weight is 364 g/mol. The largest absolute Gasteiger partial charge is 0.335 e. The summed E-state index contributed by atoms with van der Waals surface area (Å²) in [7, 11) is 0. The molecule has 2 aromatic carbocycles. The van der Waals surface area contributed by atoms with Gasteiger partial charge in [-0.05, 0) is 55.0 Å². The molecule has 1 saturated heterocycles. The highest BCUT2D eigenvalue weighted by Gasteiger charge is 2.38. The summed E-state index contributed by atoms with van der Waals surface area (Å²) in [5.41, 5.74) is 4.37. The molecule has 4 nitrogen and oxygen atoms in total. The lowest BCUT2D eigenvalue weighted by Crippen LogP contribution is -2.49. The molecule has 2 aliphatic rings. The van der Waals surface area contributed by atoms with E-state index in [-0.39, 0.29) is 16.8 Å². The van der Waals surface area contributed by atoms with Crippen LogP contribution < -0.4 is 4.87 Å². The topological polar surface area (TPSA) is 53.2 Å². The maximum absolute atomic E-state index is 13.3. The van der Waals surface area contributed by atoms with Gasteiger partial charge in [-0.15, -0.1) is 0 Å². The molecule has 3 aromatic rings. The van der Waals surface area contributed by atoms with E-state index in [9.17, 15) is 9.59 Å². The van der Waals surface area contributed by atoms with Gasteiger partial charge in [-0.25, -0.2) is 0 Å². The summed E-state index contributed by atoms with van der Waals surface area (Å²) >= 11 is 1.16. The quantitative estimate of drug-likeness (QED) is 0.711. The van der Waals surface area contributed by atoms with Crippen molar-refractivity contribution < 1.29 is 4.79 Å². The van der Waals surface area contributed by atoms with E-state index >= 15 is 0 Å². The van der Waals surface area contributed by atoms with E-state index in [1.807, 2.05) is 18.2 Å². The summed E-state index contributed by atoms with van der Waals surface area (Å²) in [6.45, 7) is 0.823. The number of nitrogens with zero attached hydrogens (tertiary/aromatic N) is 1. The van der Waals surface area contributed by atoms with Crippen LogP contribution in [0.15, 0.2) is 47.3 Å². The molecule has 1 aliphatic heterocycles. The number of hydrogen-bond acceptors (Lipinski definition) is 3. The van der Waals surface area contributed by atoms with E-state index in [4.69, 9.17) is 0 Å². The molecule has 0 spiro atoms. The third-order valence-corrected chi connectivity index (χ3v) is 6.72. The standard InChI is InChI=1S/C21H20N2O2S/c24-20(14-7-9-17-19(12-14)26-21(25)22-17)23-11-3-6-16-15-5-2-1-4-13(15)8-10-18(16)23/h1-2,4-5,7,9,12,16,18H,3,6,8,10-11H2,(H,22,25). The first-order valence-corrected chi connectivity index (χ1v) is 10.0. The van der Waals surface area contributed by atoms with Gasteiger partial charge >= 0.3 is 4.87 Å². The fraction of sp³-hybridized carbons (Fsp3) is 0.333. The van der Waals surface area contributed by atoms with Crippen LogP contribution in [0, 0.1) is 0 Å². The third kappa shape index (κ3) is 2.50. The lowest BCUT2D eigenvalue weighted by molar-refractivity contribution is 0.0547. The normalized spacial score (nSPS) is 22.1. The molecule has 2 heterocycles. The number of aryl methyl sites for hydroxylation is 1. The molecule has 5 rings (SSSR count). The predicted molar refractivity (Wildman–Crippen MR) is 104 cm³/mol. The van der Waals surface area contributed by atoms with E-state index in [0.717, 1.165) is 53.8 Å². The summed E-state index contributed by atoms with van der Waals surface area (Å²) in [6, 6.07) is 14.5. The number of thiazole rings is 1. The summed E-state index contributed by atoms with van der Waals surface area (Å²) in [5, 5.41) is 0. The Balaban J connectivity index is 1.49. The van der Waals surface area contributed by atoms with Crippen molar-refractivity contribution in [1.29, 1.82) is 0 Å². The van der Waals surface area contributed by atoms with Gasteiger partial charge in [0.15, 0.2) is 0 Å². The molecule has 1 fully saturated rings. The number of piperidine rings is 1. The highest BCUT2D eigenvalue weighted by molar-refractivity contribution is 7.16. The van der Waals surface area contributed by atoms with Crippen molar-refractivity contribution >= 4 is 27.5 Å². The van der Waals surface area contributed by atoms with Gasteiger partial charge in [-0.2, -0.15) is 0 Å².